The second kappa shape index (κ2) is 69.6. The molecule has 0 N–H and O–H groups in total. The van der Waals surface area contributed by atoms with Crippen molar-refractivity contribution >= 4 is 114 Å². The topological polar surface area (TPSA) is 131 Å². The molecule has 18 heteroatoms. The molecule has 770 valence electrons. The van der Waals surface area contributed by atoms with E-state index in [1.54, 1.807) is 0 Å². The van der Waals surface area contributed by atoms with E-state index in [2.05, 4.69) is 412 Å². The fourth-order valence-corrected chi connectivity index (χ4v) is 18.3. The van der Waals surface area contributed by atoms with Crippen LogP contribution in [0.1, 0.15) is 316 Å². The second-order valence-electron chi connectivity index (χ2n) is 38.4. The third-order valence-corrected chi connectivity index (χ3v) is 27.0. The maximum atomic E-state index is 8.49. The summed E-state index contributed by atoms with van der Waals surface area (Å²) >= 11 is 0. The van der Waals surface area contributed by atoms with Crippen LogP contribution in [0.3, 0.4) is 0 Å². The molecule has 0 spiro atoms. The van der Waals surface area contributed by atoms with Gasteiger partial charge in [0, 0.05) is 244 Å². The number of allylic oxidation sites excluding steroid dienone is 4. The number of halogens is 1. The predicted octanol–water partition coefficient (Wildman–Crippen LogP) is 27.3. The van der Waals surface area contributed by atoms with Crippen molar-refractivity contribution in [2.24, 2.45) is 0 Å². The molecule has 0 saturated heterocycles. The summed E-state index contributed by atoms with van der Waals surface area (Å²) in [6, 6.07) is 84.1. The van der Waals surface area contributed by atoms with E-state index < -0.39 is 10.2 Å². The van der Waals surface area contributed by atoms with E-state index in [1.807, 2.05) is 0 Å². The Hall–Kier alpha value is -8.43. The van der Waals surface area contributed by atoms with Crippen molar-refractivity contribution in [1.82, 2.24) is 4.58 Å². The van der Waals surface area contributed by atoms with Crippen molar-refractivity contribution in [3.8, 4) is 0 Å². The van der Waals surface area contributed by atoms with Gasteiger partial charge in [0.2, 0.25) is 17.1 Å². The number of hydrogen-bond acceptors (Lipinski definition) is 14. The normalized spacial score (nSPS) is 11.6. The molecule has 0 bridgehead atoms. The average molecular weight is 1980 g/mol. The third kappa shape index (κ3) is 40.4. The molecule has 1 aliphatic rings. The number of unbranched alkanes of at least 4 members (excludes halogenated alkanes) is 16. The van der Waals surface area contributed by atoms with E-state index in [0.29, 0.717) is 0 Å². The molecule has 0 unspecified atom stereocenters. The van der Waals surface area contributed by atoms with Crippen molar-refractivity contribution < 1.29 is 84.8 Å². The Bertz CT molecular complexity index is 4500. The van der Waals surface area contributed by atoms with Crippen LogP contribution in [0.15, 0.2) is 243 Å². The number of rotatable bonds is 66. The van der Waals surface area contributed by atoms with E-state index >= 15 is 0 Å². The molecule has 0 amide bonds. The molecule has 0 atom stereocenters. The van der Waals surface area contributed by atoms with Crippen LogP contribution in [0, 0.1) is 10.2 Å². The van der Waals surface area contributed by atoms with Crippen LogP contribution in [0.5, 0.6) is 0 Å². The zero-order valence-electron chi connectivity index (χ0n) is 91.4. The van der Waals surface area contributed by atoms with Gasteiger partial charge in [-0.15, -0.1) is 10.2 Å². The smallest absolute Gasteiger partial charge is 0.372 e. The van der Waals surface area contributed by atoms with Gasteiger partial charge in [-0.05, 0) is 284 Å². The molecule has 9 aromatic rings. The molecule has 142 heavy (non-hydrogen) atoms. The van der Waals surface area contributed by atoms with E-state index in [0.717, 1.165) is 127 Å². The molecule has 0 fully saturated rings. The fourth-order valence-electron chi connectivity index (χ4n) is 18.3. The number of hydrogen-bond donors (Lipinski definition) is 0. The summed E-state index contributed by atoms with van der Waals surface area (Å²) in [5.41, 5.74) is 24.5. The summed E-state index contributed by atoms with van der Waals surface area (Å²) < 4.78 is 39.0. The van der Waals surface area contributed by atoms with Gasteiger partial charge in [0.1, 0.15) is 13.1 Å². The minimum atomic E-state index is -4.94. The average Bonchev–Trinajstić information content (AvgIpc) is 0.785. The molecule has 10 rings (SSSR count). The maximum absolute atomic E-state index is 8.49. The molecule has 0 heterocycles. The zero-order chi connectivity index (χ0) is 101. The van der Waals surface area contributed by atoms with Gasteiger partial charge in [0.15, 0.2) is 5.71 Å². The molecule has 0 saturated carbocycles. The molecular formula is C124H184ClKN12O4+2. The molecule has 1 aliphatic carbocycles. The van der Waals surface area contributed by atoms with Crippen molar-refractivity contribution in [3.05, 3.63) is 243 Å². The van der Waals surface area contributed by atoms with E-state index in [-0.39, 0.29) is 51.4 Å². The maximum Gasteiger partial charge on any atom is 1.00 e. The van der Waals surface area contributed by atoms with Gasteiger partial charge >= 0.3 is 51.4 Å². The van der Waals surface area contributed by atoms with Crippen LogP contribution in [0.25, 0.3) is 0 Å². The molecule has 0 aromatic heterocycles. The van der Waals surface area contributed by atoms with Crippen LogP contribution in [0.4, 0.5) is 102 Å². The van der Waals surface area contributed by atoms with Crippen molar-refractivity contribution in [2.75, 3.05) is 154 Å². The molecule has 16 nitrogen and oxygen atoms in total. The summed E-state index contributed by atoms with van der Waals surface area (Å²) in [4.78, 5) is 25.4. The molecule has 9 aromatic carbocycles. The Kier molecular flexibility index (Phi) is 59.1. The monoisotopic (exact) mass is 1980 g/mol. The first-order valence-electron chi connectivity index (χ1n) is 55.7. The number of anilines is 16. The number of benzene rings is 9. The summed E-state index contributed by atoms with van der Waals surface area (Å²) in [7, 11) is -4.94. The van der Waals surface area contributed by atoms with Gasteiger partial charge in [-0.3, -0.25) is 0 Å². The summed E-state index contributed by atoms with van der Waals surface area (Å²) in [5, 5.41) is 0. The van der Waals surface area contributed by atoms with Gasteiger partial charge in [0.25, 0.3) is 0 Å². The van der Waals surface area contributed by atoms with Gasteiger partial charge < -0.3 is 49.0 Å². The summed E-state index contributed by atoms with van der Waals surface area (Å²) in [6.45, 7) is 54.3. The quantitative estimate of drug-likeness (QED) is 0.0204. The molecule has 0 aliphatic heterocycles. The molecular weight excluding hydrogens is 1800 g/mol. The standard InChI is InChI=1S/2C62H92N6.ClHO4.K/c2*1-9-17-45-63(46-18-10-2)53-25-33-57(34-26-53)67(58-35-27-54(28-36-58)64(47-19-11-3)48-20-12-4)61-41-43-62(44-42-61)68(59-37-29-55(30-38-59)65(49-21-13-5)50-22-14-6)60-39-31-56(32-40-60)66(51-23-15-7)52-24-16-8;2-1(3,4)5;/h2*25-44H,9-24,45-52H2,1-8H3;(H,2,3,4,5);/q;+2;;+1/p-1. The van der Waals surface area contributed by atoms with E-state index in [4.69, 9.17) is 18.6 Å². The Morgan fingerprint density at radius 3 is 0.437 bits per heavy atom. The van der Waals surface area contributed by atoms with E-state index in [1.165, 1.54) is 297 Å². The zero-order valence-corrected chi connectivity index (χ0v) is 95.3. The van der Waals surface area contributed by atoms with Gasteiger partial charge in [0.05, 0.1) is 0 Å². The first-order valence-corrected chi connectivity index (χ1v) is 56.9. The van der Waals surface area contributed by atoms with Crippen LogP contribution >= 0.6 is 0 Å². The van der Waals surface area contributed by atoms with Crippen LogP contribution in [-0.2, 0) is 0 Å². The largest absolute Gasteiger partial charge is 1.00 e. The Balaban J connectivity index is 0.000000365. The number of nitrogens with zero attached hydrogens (tertiary/aromatic N) is 12. The van der Waals surface area contributed by atoms with Crippen molar-refractivity contribution in [3.63, 3.8) is 0 Å². The van der Waals surface area contributed by atoms with Crippen LogP contribution < -0.4 is 124 Å². The first-order chi connectivity index (χ1) is 68.8. The van der Waals surface area contributed by atoms with Crippen LogP contribution in [-0.4, -0.2) is 121 Å². The van der Waals surface area contributed by atoms with Gasteiger partial charge in [-0.2, -0.15) is 4.58 Å². The van der Waals surface area contributed by atoms with Gasteiger partial charge in [-0.25, -0.2) is 23.2 Å². The van der Waals surface area contributed by atoms with Gasteiger partial charge in [-0.1, -0.05) is 214 Å². The minimum Gasteiger partial charge on any atom is -0.372 e. The Morgan fingerprint density at radius 1 is 0.176 bits per heavy atom. The first kappa shape index (κ1) is 121. The third-order valence-electron chi connectivity index (χ3n) is 27.0. The van der Waals surface area contributed by atoms with Crippen molar-refractivity contribution in [2.45, 2.75) is 316 Å². The Morgan fingerprint density at radius 2 is 0.296 bits per heavy atom. The van der Waals surface area contributed by atoms with E-state index in [9.17, 15) is 0 Å². The van der Waals surface area contributed by atoms with Crippen LogP contribution in [0.2, 0.25) is 0 Å². The Labute approximate surface area is 907 Å². The summed E-state index contributed by atoms with van der Waals surface area (Å²) in [5.74, 6) is 0. The second-order valence-corrected chi connectivity index (χ2v) is 39.2. The minimum absolute atomic E-state index is 0. The molecule has 0 radical (unpaired) electrons. The fraction of sp³-hybridized carbons (Fsp3) is 0.516. The SMILES string of the molecule is CCCCN(CCCC)c1ccc(N(c2ccc(N(CCCC)CCCC)cc2)c2ccc(N(c3ccc(N(CCCC)CCCC)cc3)c3ccc(N(CCCC)CCCC)cc3)cc2)cc1.CCCCN(CCCC)c1ccc(N(c2ccc(N(CCCC)CCCC)cc2)c2ccc([N+](=C3C=CC(=[N+](CCCC)CCCC)C=C3)c3ccc(N(CCCC)CCCC)cc3)cc2)cc1.[K+].[O-][Cl+3]([O-])([O-])[O-]. The summed E-state index contributed by atoms with van der Waals surface area (Å²) in [6.07, 6.45) is 48.0. The predicted molar refractivity (Wildman–Crippen MR) is 607 cm³/mol. The van der Waals surface area contributed by atoms with Crippen molar-refractivity contribution in [1.29, 1.82) is 0 Å².